The minimum absolute atomic E-state index is 0.0296. The standard InChI is InChI=1S/C14H11BrClF2N/c1-8(9-2-4-19-5-3-9)14(15)10-6-13(18)11(16)7-12(10)17/h2-8,14H,1H3. The van der Waals surface area contributed by atoms with Crippen molar-refractivity contribution >= 4 is 27.5 Å². The zero-order valence-corrected chi connectivity index (χ0v) is 12.4. The number of pyridine rings is 1. The van der Waals surface area contributed by atoms with Crippen molar-refractivity contribution in [2.24, 2.45) is 0 Å². The van der Waals surface area contributed by atoms with E-state index in [9.17, 15) is 8.78 Å². The molecule has 2 unspecified atom stereocenters. The third kappa shape index (κ3) is 3.12. The van der Waals surface area contributed by atoms with Crippen molar-refractivity contribution in [3.8, 4) is 0 Å². The van der Waals surface area contributed by atoms with Crippen molar-refractivity contribution < 1.29 is 8.78 Å². The Kier molecular flexibility index (Phi) is 4.53. The average Bonchev–Trinajstić information content (AvgIpc) is 2.42. The summed E-state index contributed by atoms with van der Waals surface area (Å²) in [6.07, 6.45) is 3.34. The quantitative estimate of drug-likeness (QED) is 0.546. The van der Waals surface area contributed by atoms with Gasteiger partial charge in [-0.05, 0) is 35.7 Å². The molecule has 1 nitrogen and oxygen atoms in total. The van der Waals surface area contributed by atoms with Crippen LogP contribution in [0.1, 0.15) is 28.8 Å². The zero-order valence-electron chi connectivity index (χ0n) is 10.1. The van der Waals surface area contributed by atoms with Crippen LogP contribution in [0.5, 0.6) is 0 Å². The van der Waals surface area contributed by atoms with Gasteiger partial charge in [-0.15, -0.1) is 0 Å². The molecule has 0 spiro atoms. The van der Waals surface area contributed by atoms with E-state index in [1.807, 2.05) is 19.1 Å². The molecule has 5 heteroatoms. The van der Waals surface area contributed by atoms with Gasteiger partial charge < -0.3 is 0 Å². The molecule has 19 heavy (non-hydrogen) atoms. The zero-order chi connectivity index (χ0) is 14.0. The summed E-state index contributed by atoms with van der Waals surface area (Å²) in [6.45, 7) is 1.93. The van der Waals surface area contributed by atoms with Gasteiger partial charge in [0.15, 0.2) is 0 Å². The number of rotatable bonds is 3. The molecule has 2 rings (SSSR count). The minimum atomic E-state index is -0.621. The number of halogens is 4. The predicted octanol–water partition coefficient (Wildman–Crippen LogP) is 5.25. The molecule has 2 aromatic rings. The Morgan fingerprint density at radius 2 is 1.79 bits per heavy atom. The van der Waals surface area contributed by atoms with E-state index in [4.69, 9.17) is 11.6 Å². The van der Waals surface area contributed by atoms with Crippen molar-refractivity contribution in [2.75, 3.05) is 0 Å². The van der Waals surface area contributed by atoms with Gasteiger partial charge in [-0.3, -0.25) is 4.98 Å². The number of hydrogen-bond acceptors (Lipinski definition) is 1. The Hall–Kier alpha value is -1.00. The number of benzene rings is 1. The summed E-state index contributed by atoms with van der Waals surface area (Å²) < 4.78 is 27.3. The molecule has 0 bridgehead atoms. The Morgan fingerprint density at radius 1 is 1.16 bits per heavy atom. The van der Waals surface area contributed by atoms with E-state index in [0.29, 0.717) is 0 Å². The van der Waals surface area contributed by atoms with Gasteiger partial charge in [0.05, 0.1) is 5.02 Å². The molecule has 0 amide bonds. The van der Waals surface area contributed by atoms with Crippen LogP contribution in [0.2, 0.25) is 5.02 Å². The molecule has 100 valence electrons. The van der Waals surface area contributed by atoms with Crippen LogP contribution < -0.4 is 0 Å². The summed E-state index contributed by atoms with van der Waals surface area (Å²) in [5.74, 6) is -1.17. The first-order valence-corrected chi connectivity index (χ1v) is 6.98. The first-order valence-electron chi connectivity index (χ1n) is 5.69. The number of hydrogen-bond donors (Lipinski definition) is 0. The first-order chi connectivity index (χ1) is 9.00. The Balaban J connectivity index is 2.34. The molecular weight excluding hydrogens is 336 g/mol. The summed E-state index contributed by atoms with van der Waals surface area (Å²) in [5.41, 5.74) is 1.25. The molecule has 0 radical (unpaired) electrons. The lowest BCUT2D eigenvalue weighted by Crippen LogP contribution is -2.05. The van der Waals surface area contributed by atoms with Crippen LogP contribution in [-0.4, -0.2) is 4.98 Å². The molecule has 0 aliphatic carbocycles. The highest BCUT2D eigenvalue weighted by atomic mass is 79.9. The molecule has 1 heterocycles. The van der Waals surface area contributed by atoms with E-state index in [1.54, 1.807) is 12.4 Å². The molecule has 0 aliphatic rings. The number of alkyl halides is 1. The SMILES string of the molecule is CC(c1ccncc1)C(Br)c1cc(F)c(Cl)cc1F. The van der Waals surface area contributed by atoms with Gasteiger partial charge in [0.2, 0.25) is 0 Å². The van der Waals surface area contributed by atoms with Crippen molar-refractivity contribution in [3.63, 3.8) is 0 Å². The van der Waals surface area contributed by atoms with Crippen LogP contribution in [0, 0.1) is 11.6 Å². The molecular formula is C14H11BrClF2N. The topological polar surface area (TPSA) is 12.9 Å². The van der Waals surface area contributed by atoms with Gasteiger partial charge in [-0.25, -0.2) is 8.78 Å². The van der Waals surface area contributed by atoms with E-state index >= 15 is 0 Å². The maximum absolute atomic E-state index is 13.9. The highest BCUT2D eigenvalue weighted by molar-refractivity contribution is 9.09. The fourth-order valence-electron chi connectivity index (χ4n) is 1.85. The van der Waals surface area contributed by atoms with E-state index in [-0.39, 0.29) is 21.3 Å². The molecule has 1 aromatic heterocycles. The van der Waals surface area contributed by atoms with E-state index in [2.05, 4.69) is 20.9 Å². The lowest BCUT2D eigenvalue weighted by atomic mass is 9.94. The Labute approximate surface area is 123 Å². The van der Waals surface area contributed by atoms with Gasteiger partial charge in [0, 0.05) is 22.8 Å². The van der Waals surface area contributed by atoms with Crippen LogP contribution in [0.3, 0.4) is 0 Å². The van der Waals surface area contributed by atoms with Crippen LogP contribution in [0.25, 0.3) is 0 Å². The normalized spacial score (nSPS) is 14.2. The van der Waals surface area contributed by atoms with Crippen molar-refractivity contribution in [2.45, 2.75) is 17.7 Å². The predicted molar refractivity (Wildman–Crippen MR) is 75.7 cm³/mol. The third-order valence-corrected chi connectivity index (χ3v) is 4.58. The van der Waals surface area contributed by atoms with E-state index in [1.165, 1.54) is 0 Å². The Bertz CT molecular complexity index is 577. The van der Waals surface area contributed by atoms with Crippen molar-refractivity contribution in [1.29, 1.82) is 0 Å². The second-order valence-electron chi connectivity index (χ2n) is 4.26. The molecule has 0 saturated heterocycles. The lowest BCUT2D eigenvalue weighted by Gasteiger charge is -2.20. The van der Waals surface area contributed by atoms with Gasteiger partial charge in [-0.1, -0.05) is 34.5 Å². The Morgan fingerprint density at radius 3 is 2.42 bits per heavy atom. The highest BCUT2D eigenvalue weighted by Crippen LogP contribution is 2.39. The average molecular weight is 347 g/mol. The fourth-order valence-corrected chi connectivity index (χ4v) is 2.66. The molecule has 1 aromatic carbocycles. The largest absolute Gasteiger partial charge is 0.265 e. The number of nitrogens with zero attached hydrogens (tertiary/aromatic N) is 1. The van der Waals surface area contributed by atoms with Crippen LogP contribution in [0.4, 0.5) is 8.78 Å². The molecule has 0 saturated carbocycles. The van der Waals surface area contributed by atoms with E-state index < -0.39 is 11.6 Å². The monoisotopic (exact) mass is 345 g/mol. The summed E-state index contributed by atoms with van der Waals surface area (Å²) in [5, 5.41) is -0.211. The lowest BCUT2D eigenvalue weighted by molar-refractivity contribution is 0.575. The maximum Gasteiger partial charge on any atom is 0.142 e. The second kappa shape index (κ2) is 5.97. The fraction of sp³-hybridized carbons (Fsp3) is 0.214. The smallest absolute Gasteiger partial charge is 0.142 e. The van der Waals surface area contributed by atoms with Crippen LogP contribution in [0.15, 0.2) is 36.7 Å². The summed E-state index contributed by atoms with van der Waals surface area (Å²) in [4.78, 5) is 3.59. The minimum Gasteiger partial charge on any atom is -0.265 e. The van der Waals surface area contributed by atoms with Gasteiger partial charge in [0.1, 0.15) is 11.6 Å². The number of aromatic nitrogens is 1. The van der Waals surface area contributed by atoms with Gasteiger partial charge in [0.25, 0.3) is 0 Å². The molecule has 0 fully saturated rings. The third-order valence-electron chi connectivity index (χ3n) is 3.01. The second-order valence-corrected chi connectivity index (χ2v) is 5.65. The van der Waals surface area contributed by atoms with E-state index in [0.717, 1.165) is 17.7 Å². The summed E-state index contributed by atoms with van der Waals surface area (Å²) >= 11 is 8.98. The van der Waals surface area contributed by atoms with Crippen LogP contribution >= 0.6 is 27.5 Å². The van der Waals surface area contributed by atoms with Gasteiger partial charge in [-0.2, -0.15) is 0 Å². The van der Waals surface area contributed by atoms with Crippen molar-refractivity contribution in [1.82, 2.24) is 4.98 Å². The molecule has 0 aliphatic heterocycles. The summed E-state index contributed by atoms with van der Waals surface area (Å²) in [6, 6.07) is 5.83. The highest BCUT2D eigenvalue weighted by Gasteiger charge is 2.22. The molecule has 2 atom stereocenters. The van der Waals surface area contributed by atoms with Gasteiger partial charge >= 0.3 is 0 Å². The van der Waals surface area contributed by atoms with Crippen LogP contribution in [-0.2, 0) is 0 Å². The molecule has 0 N–H and O–H groups in total. The van der Waals surface area contributed by atoms with Crippen molar-refractivity contribution in [3.05, 3.63) is 64.4 Å². The maximum atomic E-state index is 13.9. The summed E-state index contributed by atoms with van der Waals surface area (Å²) in [7, 11) is 0. The first kappa shape index (κ1) is 14.4.